The molecule has 0 aliphatic carbocycles. The third-order valence-corrected chi connectivity index (χ3v) is 4.39. The fourth-order valence-electron chi connectivity index (χ4n) is 2.94. The van der Waals surface area contributed by atoms with E-state index in [4.69, 9.17) is 4.74 Å². The molecule has 1 heterocycles. The lowest BCUT2D eigenvalue weighted by atomic mass is 9.74. The summed E-state index contributed by atoms with van der Waals surface area (Å²) >= 11 is 0. The van der Waals surface area contributed by atoms with E-state index in [1.165, 1.54) is 5.56 Å². The van der Waals surface area contributed by atoms with Crippen LogP contribution in [0.4, 0.5) is 0 Å². The number of ether oxygens (including phenoxy) is 1. The van der Waals surface area contributed by atoms with Gasteiger partial charge in [0.1, 0.15) is 5.75 Å². The molecule has 0 N–H and O–H groups in total. The predicted molar refractivity (Wildman–Crippen MR) is 85.7 cm³/mol. The molecule has 0 saturated heterocycles. The molecule has 0 aromatic heterocycles. The first-order chi connectivity index (χ1) is 9.98. The minimum atomic E-state index is -0.416. The molecule has 1 atom stereocenters. The van der Waals surface area contributed by atoms with Crippen molar-refractivity contribution in [2.24, 2.45) is 0 Å². The van der Waals surface area contributed by atoms with Crippen molar-refractivity contribution in [1.29, 1.82) is 5.26 Å². The second kappa shape index (κ2) is 6.49. The van der Waals surface area contributed by atoms with Gasteiger partial charge in [0.25, 0.3) is 0 Å². The maximum atomic E-state index is 9.93. The summed E-state index contributed by atoms with van der Waals surface area (Å²) in [4.78, 5) is 2.15. The van der Waals surface area contributed by atoms with E-state index in [2.05, 4.69) is 57.1 Å². The van der Waals surface area contributed by atoms with E-state index < -0.39 is 5.41 Å². The van der Waals surface area contributed by atoms with Crippen molar-refractivity contribution in [2.75, 3.05) is 27.2 Å². The summed E-state index contributed by atoms with van der Waals surface area (Å²) in [6.45, 7) is 6.00. The molecule has 21 heavy (non-hydrogen) atoms. The first-order valence-electron chi connectivity index (χ1n) is 7.82. The molecule has 114 valence electrons. The first-order valence-corrected chi connectivity index (χ1v) is 7.82. The normalized spacial score (nSPS) is 21.6. The number of nitriles is 1. The highest BCUT2D eigenvalue weighted by Crippen LogP contribution is 2.41. The van der Waals surface area contributed by atoms with Crippen LogP contribution in [0.5, 0.6) is 5.75 Å². The molecule has 1 aromatic carbocycles. The summed E-state index contributed by atoms with van der Waals surface area (Å²) in [5, 5.41) is 9.93. The van der Waals surface area contributed by atoms with Gasteiger partial charge in [0, 0.05) is 5.56 Å². The van der Waals surface area contributed by atoms with E-state index in [9.17, 15) is 5.26 Å². The summed E-state index contributed by atoms with van der Waals surface area (Å²) in [5.74, 6) is 1.36. The van der Waals surface area contributed by atoms with Gasteiger partial charge >= 0.3 is 0 Å². The molecule has 0 saturated carbocycles. The minimum absolute atomic E-state index is 0.416. The second-order valence-corrected chi connectivity index (χ2v) is 6.61. The molecular weight excluding hydrogens is 260 g/mol. The average Bonchev–Trinajstić information content (AvgIpc) is 2.64. The van der Waals surface area contributed by atoms with Gasteiger partial charge in [-0.1, -0.05) is 26.0 Å². The van der Waals surface area contributed by atoms with Crippen LogP contribution in [0.25, 0.3) is 0 Å². The Hall–Kier alpha value is -1.53. The molecule has 1 aliphatic heterocycles. The zero-order chi connectivity index (χ0) is 15.5. The second-order valence-electron chi connectivity index (χ2n) is 6.61. The number of fused-ring (bicyclic) bond motifs is 1. The summed E-state index contributed by atoms with van der Waals surface area (Å²) in [6.07, 6.45) is 2.67. The van der Waals surface area contributed by atoms with Crippen LogP contribution in [0.2, 0.25) is 0 Å². The molecule has 0 fully saturated rings. The van der Waals surface area contributed by atoms with Gasteiger partial charge in [0.15, 0.2) is 0 Å². The molecule has 3 nitrogen and oxygen atoms in total. The van der Waals surface area contributed by atoms with E-state index in [0.717, 1.165) is 37.1 Å². The van der Waals surface area contributed by atoms with Crippen LogP contribution < -0.4 is 4.74 Å². The summed E-state index contributed by atoms with van der Waals surface area (Å²) in [5.41, 5.74) is 1.96. The highest BCUT2D eigenvalue weighted by atomic mass is 16.5. The van der Waals surface area contributed by atoms with Crippen molar-refractivity contribution < 1.29 is 4.74 Å². The number of hydrogen-bond donors (Lipinski definition) is 0. The lowest BCUT2D eigenvalue weighted by Crippen LogP contribution is -2.29. The maximum absolute atomic E-state index is 9.93. The zero-order valence-corrected chi connectivity index (χ0v) is 13.6. The first kappa shape index (κ1) is 15.9. The van der Waals surface area contributed by atoms with Crippen LogP contribution >= 0.6 is 0 Å². The van der Waals surface area contributed by atoms with Gasteiger partial charge in [-0.3, -0.25) is 0 Å². The third kappa shape index (κ3) is 3.39. The monoisotopic (exact) mass is 286 g/mol. The molecule has 2 rings (SSSR count). The van der Waals surface area contributed by atoms with Crippen LogP contribution in [0.15, 0.2) is 18.2 Å². The Labute approximate surface area is 128 Å². The van der Waals surface area contributed by atoms with Crippen LogP contribution in [-0.4, -0.2) is 32.1 Å². The standard InChI is InChI=1S/C18H26N2O/c1-14(2)15-6-7-17-16(12-15)18(13-19,8-5-11-21-17)9-10-20(3)4/h6-7,12,14H,5,8-11H2,1-4H3. The quantitative estimate of drug-likeness (QED) is 0.847. The largest absolute Gasteiger partial charge is 0.493 e. The molecule has 0 bridgehead atoms. The highest BCUT2D eigenvalue weighted by Gasteiger charge is 2.36. The third-order valence-electron chi connectivity index (χ3n) is 4.39. The van der Waals surface area contributed by atoms with Gasteiger partial charge in [-0.2, -0.15) is 5.26 Å². The van der Waals surface area contributed by atoms with Crippen LogP contribution in [0, 0.1) is 11.3 Å². The van der Waals surface area contributed by atoms with Gasteiger partial charge in [0.2, 0.25) is 0 Å². The van der Waals surface area contributed by atoms with E-state index in [1.54, 1.807) is 0 Å². The molecule has 1 unspecified atom stereocenters. The fraction of sp³-hybridized carbons (Fsp3) is 0.611. The van der Waals surface area contributed by atoms with Gasteiger partial charge in [0.05, 0.1) is 18.1 Å². The van der Waals surface area contributed by atoms with E-state index in [-0.39, 0.29) is 0 Å². The number of rotatable bonds is 4. The maximum Gasteiger partial charge on any atom is 0.124 e. The average molecular weight is 286 g/mol. The Morgan fingerprint density at radius 3 is 2.76 bits per heavy atom. The lowest BCUT2D eigenvalue weighted by Gasteiger charge is -2.28. The summed E-state index contributed by atoms with van der Waals surface area (Å²) in [6, 6.07) is 9.01. The summed E-state index contributed by atoms with van der Waals surface area (Å²) < 4.78 is 5.88. The van der Waals surface area contributed by atoms with Crippen molar-refractivity contribution in [3.8, 4) is 11.8 Å². The van der Waals surface area contributed by atoms with Gasteiger partial charge < -0.3 is 9.64 Å². The molecule has 1 aromatic rings. The van der Waals surface area contributed by atoms with Gasteiger partial charge in [-0.25, -0.2) is 0 Å². The van der Waals surface area contributed by atoms with Crippen LogP contribution in [0.3, 0.4) is 0 Å². The minimum Gasteiger partial charge on any atom is -0.493 e. The van der Waals surface area contributed by atoms with Crippen molar-refractivity contribution in [3.05, 3.63) is 29.3 Å². The Kier molecular flexibility index (Phi) is 4.90. The fourth-order valence-corrected chi connectivity index (χ4v) is 2.94. The molecule has 0 spiro atoms. The van der Waals surface area contributed by atoms with Crippen molar-refractivity contribution in [2.45, 2.75) is 44.4 Å². The Morgan fingerprint density at radius 1 is 1.38 bits per heavy atom. The van der Waals surface area contributed by atoms with E-state index in [1.807, 2.05) is 0 Å². The van der Waals surface area contributed by atoms with Crippen molar-refractivity contribution in [1.82, 2.24) is 4.90 Å². The van der Waals surface area contributed by atoms with Gasteiger partial charge in [-0.05, 0) is 57.5 Å². The molecular formula is C18H26N2O. The SMILES string of the molecule is CC(C)c1ccc2c(c1)C(C#N)(CCN(C)C)CCCO2. The highest BCUT2D eigenvalue weighted by molar-refractivity contribution is 5.47. The Bertz CT molecular complexity index is 531. The molecule has 0 radical (unpaired) electrons. The topological polar surface area (TPSA) is 36.3 Å². The summed E-state index contributed by atoms with van der Waals surface area (Å²) in [7, 11) is 4.12. The van der Waals surface area contributed by atoms with Crippen LogP contribution in [0.1, 0.15) is 50.2 Å². The Morgan fingerprint density at radius 2 is 2.14 bits per heavy atom. The van der Waals surface area contributed by atoms with E-state index >= 15 is 0 Å². The number of nitrogens with zero attached hydrogens (tertiary/aromatic N) is 2. The van der Waals surface area contributed by atoms with Crippen molar-refractivity contribution >= 4 is 0 Å². The van der Waals surface area contributed by atoms with Gasteiger partial charge in [-0.15, -0.1) is 0 Å². The Balaban J connectivity index is 2.47. The zero-order valence-electron chi connectivity index (χ0n) is 13.6. The molecule has 1 aliphatic rings. The molecule has 0 amide bonds. The number of hydrogen-bond acceptors (Lipinski definition) is 3. The lowest BCUT2D eigenvalue weighted by molar-refractivity contribution is 0.309. The van der Waals surface area contributed by atoms with Crippen molar-refractivity contribution in [3.63, 3.8) is 0 Å². The predicted octanol–water partition coefficient (Wildman–Crippen LogP) is 3.70. The van der Waals surface area contributed by atoms with E-state index in [0.29, 0.717) is 12.5 Å². The number of benzene rings is 1. The van der Waals surface area contributed by atoms with Crippen LogP contribution in [-0.2, 0) is 5.41 Å². The smallest absolute Gasteiger partial charge is 0.124 e. The molecule has 3 heteroatoms.